The van der Waals surface area contributed by atoms with E-state index in [1.165, 1.54) is 0 Å². The van der Waals surface area contributed by atoms with E-state index in [9.17, 15) is 28.4 Å². The number of aliphatic hydroxyl groups is 1. The molecule has 0 spiro atoms. The minimum absolute atomic E-state index is 0.413. The first-order valence-electron chi connectivity index (χ1n) is 5.43. The summed E-state index contributed by atoms with van der Waals surface area (Å²) in [5, 5.41) is 28.2. The molecule has 11 heteroatoms. The third-order valence-electron chi connectivity index (χ3n) is 2.45. The summed E-state index contributed by atoms with van der Waals surface area (Å²) in [4.78, 5) is 20.1. The number of non-ortho nitro benzene ring substituents is 1. The fourth-order valence-corrected chi connectivity index (χ4v) is 3.21. The highest BCUT2D eigenvalue weighted by molar-refractivity contribution is 7.89. The van der Waals surface area contributed by atoms with Gasteiger partial charge < -0.3 is 10.2 Å². The van der Waals surface area contributed by atoms with Crippen molar-refractivity contribution in [1.29, 1.82) is 0 Å². The molecule has 0 saturated carbocycles. The maximum absolute atomic E-state index is 12.0. The smallest absolute Gasteiger partial charge is 0.324 e. The van der Waals surface area contributed by atoms with Crippen molar-refractivity contribution in [2.75, 3.05) is 0 Å². The molecule has 0 saturated heterocycles. The van der Waals surface area contributed by atoms with E-state index in [4.69, 9.17) is 16.7 Å². The fraction of sp³-hybridized carbons (Fsp3) is 0.300. The van der Waals surface area contributed by atoms with E-state index < -0.39 is 48.7 Å². The molecule has 0 heterocycles. The molecule has 1 aromatic rings. The Balaban J connectivity index is 3.19. The van der Waals surface area contributed by atoms with E-state index in [-0.39, 0.29) is 0 Å². The van der Waals surface area contributed by atoms with Crippen LogP contribution >= 0.6 is 11.6 Å². The molecule has 0 amide bonds. The lowest BCUT2D eigenvalue weighted by molar-refractivity contribution is -0.384. The molecule has 2 unspecified atom stereocenters. The van der Waals surface area contributed by atoms with Crippen molar-refractivity contribution < 1.29 is 28.3 Å². The third-order valence-corrected chi connectivity index (χ3v) is 4.37. The van der Waals surface area contributed by atoms with E-state index >= 15 is 0 Å². The van der Waals surface area contributed by atoms with Gasteiger partial charge >= 0.3 is 5.97 Å². The van der Waals surface area contributed by atoms with Gasteiger partial charge in [0.05, 0.1) is 16.0 Å². The van der Waals surface area contributed by atoms with Gasteiger partial charge in [0.25, 0.3) is 5.69 Å². The van der Waals surface area contributed by atoms with Gasteiger partial charge in [-0.25, -0.2) is 8.42 Å². The summed E-state index contributed by atoms with van der Waals surface area (Å²) in [6.45, 7) is 1.10. The van der Waals surface area contributed by atoms with Gasteiger partial charge in [-0.2, -0.15) is 4.72 Å². The lowest BCUT2D eigenvalue weighted by Crippen LogP contribution is -2.47. The molecule has 116 valence electrons. The number of carbonyl (C=O) groups is 1. The molecule has 0 aliphatic rings. The highest BCUT2D eigenvalue weighted by Crippen LogP contribution is 2.26. The Morgan fingerprint density at radius 3 is 2.43 bits per heavy atom. The number of aliphatic hydroxyl groups excluding tert-OH is 1. The van der Waals surface area contributed by atoms with Crippen LogP contribution in [0.2, 0.25) is 5.02 Å². The Kier molecular flexibility index (Phi) is 5.23. The Labute approximate surface area is 124 Å². The number of hydrogen-bond donors (Lipinski definition) is 3. The molecule has 1 rings (SSSR count). The van der Waals surface area contributed by atoms with Crippen LogP contribution < -0.4 is 4.72 Å². The van der Waals surface area contributed by atoms with Crippen molar-refractivity contribution in [1.82, 2.24) is 4.72 Å². The fourth-order valence-electron chi connectivity index (χ4n) is 1.41. The number of nitro benzene ring substituents is 1. The van der Waals surface area contributed by atoms with E-state index in [1.807, 2.05) is 0 Å². The van der Waals surface area contributed by atoms with Gasteiger partial charge in [0, 0.05) is 12.1 Å². The molecular formula is C10H11ClN2O7S. The Hall–Kier alpha value is -1.75. The molecule has 9 nitrogen and oxygen atoms in total. The highest BCUT2D eigenvalue weighted by Gasteiger charge is 2.30. The van der Waals surface area contributed by atoms with Crippen LogP contribution in [0.1, 0.15) is 6.92 Å². The summed E-state index contributed by atoms with van der Waals surface area (Å²) >= 11 is 5.67. The first kappa shape index (κ1) is 17.3. The summed E-state index contributed by atoms with van der Waals surface area (Å²) < 4.78 is 25.8. The van der Waals surface area contributed by atoms with Crippen LogP contribution in [-0.4, -0.2) is 41.7 Å². The molecule has 0 bridgehead atoms. The summed E-state index contributed by atoms with van der Waals surface area (Å²) in [7, 11) is -4.37. The zero-order valence-corrected chi connectivity index (χ0v) is 12.1. The first-order valence-corrected chi connectivity index (χ1v) is 7.29. The average molecular weight is 339 g/mol. The molecule has 0 fully saturated rings. The lowest BCUT2D eigenvalue weighted by Gasteiger charge is -2.17. The predicted octanol–water partition coefficient (Wildman–Crippen LogP) is 0.360. The number of carboxylic acid groups (broad SMARTS) is 1. The Morgan fingerprint density at radius 1 is 1.48 bits per heavy atom. The quantitative estimate of drug-likeness (QED) is 0.501. The third kappa shape index (κ3) is 4.11. The lowest BCUT2D eigenvalue weighted by atomic mass is 10.2. The topological polar surface area (TPSA) is 147 Å². The normalized spacial score (nSPS) is 14.4. The zero-order chi connectivity index (χ0) is 16.4. The molecule has 0 aromatic heterocycles. The van der Waals surface area contributed by atoms with E-state index in [2.05, 4.69) is 0 Å². The molecular weight excluding hydrogens is 328 g/mol. The van der Waals surface area contributed by atoms with E-state index in [0.29, 0.717) is 0 Å². The second-order valence-corrected chi connectivity index (χ2v) is 6.14. The minimum Gasteiger partial charge on any atom is -0.480 e. The van der Waals surface area contributed by atoms with Crippen molar-refractivity contribution in [3.05, 3.63) is 33.3 Å². The zero-order valence-electron chi connectivity index (χ0n) is 10.6. The van der Waals surface area contributed by atoms with Gasteiger partial charge in [-0.3, -0.25) is 14.9 Å². The molecule has 2 atom stereocenters. The number of rotatable bonds is 6. The number of halogens is 1. The number of benzene rings is 1. The standard InChI is InChI=1S/C10H11ClN2O7S/c1-5(14)9(10(15)16)12-21(19,20)8-3-2-6(13(17)18)4-7(8)11/h2-5,9,12,14H,1H3,(H,15,16). The molecule has 0 aliphatic heterocycles. The number of nitrogens with zero attached hydrogens (tertiary/aromatic N) is 1. The van der Waals surface area contributed by atoms with Gasteiger partial charge in [0.2, 0.25) is 10.0 Å². The van der Waals surface area contributed by atoms with Crippen LogP contribution in [-0.2, 0) is 14.8 Å². The van der Waals surface area contributed by atoms with Crippen molar-refractivity contribution in [3.63, 3.8) is 0 Å². The maximum Gasteiger partial charge on any atom is 0.324 e. The number of carboxylic acids is 1. The SMILES string of the molecule is CC(O)C(NS(=O)(=O)c1ccc([N+](=O)[O-])cc1Cl)C(=O)O. The van der Waals surface area contributed by atoms with Crippen LogP contribution in [0.25, 0.3) is 0 Å². The van der Waals surface area contributed by atoms with E-state index in [1.54, 1.807) is 4.72 Å². The maximum atomic E-state index is 12.0. The highest BCUT2D eigenvalue weighted by atomic mass is 35.5. The van der Waals surface area contributed by atoms with Crippen molar-refractivity contribution >= 4 is 33.3 Å². The van der Waals surface area contributed by atoms with Gasteiger partial charge in [-0.15, -0.1) is 0 Å². The largest absolute Gasteiger partial charge is 0.480 e. The van der Waals surface area contributed by atoms with Crippen LogP contribution in [0.5, 0.6) is 0 Å². The van der Waals surface area contributed by atoms with Crippen molar-refractivity contribution in [2.45, 2.75) is 24.0 Å². The number of nitro groups is 1. The predicted molar refractivity (Wildman–Crippen MR) is 71.5 cm³/mol. The monoisotopic (exact) mass is 338 g/mol. The summed E-state index contributed by atoms with van der Waals surface area (Å²) in [6.07, 6.45) is -1.49. The average Bonchev–Trinajstić information content (AvgIpc) is 2.34. The van der Waals surface area contributed by atoms with Gasteiger partial charge in [-0.05, 0) is 13.0 Å². The molecule has 21 heavy (non-hydrogen) atoms. The Morgan fingerprint density at radius 2 is 2.05 bits per heavy atom. The van der Waals surface area contributed by atoms with Crippen molar-refractivity contribution in [2.24, 2.45) is 0 Å². The van der Waals surface area contributed by atoms with Crippen LogP contribution in [0.4, 0.5) is 5.69 Å². The number of nitrogens with one attached hydrogen (secondary N) is 1. The summed E-state index contributed by atoms with van der Waals surface area (Å²) in [5.41, 5.74) is -0.413. The second kappa shape index (κ2) is 6.35. The minimum atomic E-state index is -4.37. The summed E-state index contributed by atoms with van der Waals surface area (Å²) in [5.74, 6) is -1.58. The number of sulfonamides is 1. The number of aliphatic carboxylic acids is 1. The van der Waals surface area contributed by atoms with Crippen molar-refractivity contribution in [3.8, 4) is 0 Å². The van der Waals surface area contributed by atoms with Crippen LogP contribution in [0, 0.1) is 10.1 Å². The Bertz CT molecular complexity index is 674. The van der Waals surface area contributed by atoms with Gasteiger partial charge in [0.1, 0.15) is 10.9 Å². The second-order valence-electron chi connectivity index (χ2n) is 4.05. The van der Waals surface area contributed by atoms with Crippen LogP contribution in [0.3, 0.4) is 0 Å². The summed E-state index contributed by atoms with van der Waals surface area (Å²) in [6, 6.07) is 0.845. The van der Waals surface area contributed by atoms with Gasteiger partial charge in [-0.1, -0.05) is 11.6 Å². The number of hydrogen-bond acceptors (Lipinski definition) is 6. The van der Waals surface area contributed by atoms with Crippen LogP contribution in [0.15, 0.2) is 23.1 Å². The first-order chi connectivity index (χ1) is 9.56. The molecule has 0 radical (unpaired) electrons. The molecule has 3 N–H and O–H groups in total. The molecule has 0 aliphatic carbocycles. The molecule has 1 aromatic carbocycles. The van der Waals surface area contributed by atoms with E-state index in [0.717, 1.165) is 25.1 Å². The van der Waals surface area contributed by atoms with Gasteiger partial charge in [0.15, 0.2) is 0 Å².